The Morgan fingerprint density at radius 1 is 0.288 bits per heavy atom. The molecule has 0 radical (unpaired) electrons. The van der Waals surface area contributed by atoms with Crippen LogP contribution in [0.5, 0.6) is 0 Å². The van der Waals surface area contributed by atoms with E-state index >= 15 is 0 Å². The average molecular weight is 1020 g/mol. The van der Waals surface area contributed by atoms with E-state index in [1.807, 2.05) is 0 Å². The third-order valence-corrected chi connectivity index (χ3v) is 13.4. The molecule has 6 heteroatoms. The van der Waals surface area contributed by atoms with E-state index in [-0.39, 0.29) is 31.1 Å². The Morgan fingerprint density at radius 3 is 0.863 bits per heavy atom. The second-order valence-corrected chi connectivity index (χ2v) is 20.6. The van der Waals surface area contributed by atoms with Gasteiger partial charge in [0.05, 0.1) is 0 Å². The molecule has 1 atom stereocenters. The van der Waals surface area contributed by atoms with Gasteiger partial charge < -0.3 is 14.2 Å². The fourth-order valence-corrected chi connectivity index (χ4v) is 8.69. The third-order valence-electron chi connectivity index (χ3n) is 13.4. The molecule has 0 heterocycles. The van der Waals surface area contributed by atoms with Crippen LogP contribution in [0, 0.1) is 0 Å². The predicted octanol–water partition coefficient (Wildman–Crippen LogP) is 21.1. The van der Waals surface area contributed by atoms with Crippen molar-refractivity contribution in [3.63, 3.8) is 0 Å². The van der Waals surface area contributed by atoms with E-state index in [2.05, 4.69) is 106 Å². The molecule has 0 aliphatic heterocycles. The van der Waals surface area contributed by atoms with Gasteiger partial charge in [-0.05, 0) is 116 Å². The van der Waals surface area contributed by atoms with E-state index in [1.54, 1.807) is 0 Å². The molecule has 0 rings (SSSR count). The van der Waals surface area contributed by atoms with Gasteiger partial charge in [0.1, 0.15) is 13.2 Å². The Bertz CT molecular complexity index is 1400. The van der Waals surface area contributed by atoms with Gasteiger partial charge in [0.15, 0.2) is 6.10 Å². The fraction of sp³-hybridized carbons (Fsp3) is 0.746. The fourth-order valence-electron chi connectivity index (χ4n) is 8.69. The van der Waals surface area contributed by atoms with Gasteiger partial charge in [0.2, 0.25) is 0 Å². The first-order valence-corrected chi connectivity index (χ1v) is 31.1. The molecule has 0 spiro atoms. The standard InChI is InChI=1S/C67H116O6/c1-4-7-10-13-16-19-22-25-28-31-32-33-34-37-39-42-45-48-51-54-57-60-66(69)72-63-64(73-67(70)61-58-55-52-49-46-43-40-36-30-27-24-21-18-15-12-9-6-3)62-71-65(68)59-56-53-50-47-44-41-38-35-29-26-23-20-17-14-11-8-5-2/h9,12,17-18,20-22,25-27,29-32,64H,4-8,10-11,13-16,19,23-24,28,33-63H2,1-3H3/b12-9-,20-17-,21-18-,25-22-,29-26-,30-27-,32-31-. The molecule has 0 aliphatic rings. The molecule has 0 amide bonds. The number of rotatable bonds is 56. The second kappa shape index (κ2) is 61.1. The Labute approximate surface area is 452 Å². The molecule has 1 unspecified atom stereocenters. The molecular formula is C67H116O6. The molecule has 0 aromatic heterocycles. The minimum absolute atomic E-state index is 0.0849. The van der Waals surface area contributed by atoms with Gasteiger partial charge in [-0.15, -0.1) is 0 Å². The van der Waals surface area contributed by atoms with Crippen molar-refractivity contribution in [2.75, 3.05) is 13.2 Å². The summed E-state index contributed by atoms with van der Waals surface area (Å²) in [5.74, 6) is -0.896. The van der Waals surface area contributed by atoms with Gasteiger partial charge in [-0.25, -0.2) is 0 Å². The van der Waals surface area contributed by atoms with E-state index in [1.165, 1.54) is 161 Å². The third kappa shape index (κ3) is 59.3. The summed E-state index contributed by atoms with van der Waals surface area (Å²) in [4.78, 5) is 38.3. The molecular weight excluding hydrogens is 901 g/mol. The van der Waals surface area contributed by atoms with Crippen LogP contribution < -0.4 is 0 Å². The number of hydrogen-bond acceptors (Lipinski definition) is 6. The zero-order valence-corrected chi connectivity index (χ0v) is 48.1. The van der Waals surface area contributed by atoms with E-state index in [0.717, 1.165) is 103 Å². The molecule has 0 bridgehead atoms. The van der Waals surface area contributed by atoms with Gasteiger partial charge >= 0.3 is 17.9 Å². The Balaban J connectivity index is 4.39. The highest BCUT2D eigenvalue weighted by Crippen LogP contribution is 2.16. The van der Waals surface area contributed by atoms with Crippen LogP contribution in [-0.2, 0) is 28.6 Å². The number of ether oxygens (including phenoxy) is 3. The summed E-state index contributed by atoms with van der Waals surface area (Å²) in [5.41, 5.74) is 0. The number of hydrogen-bond donors (Lipinski definition) is 0. The van der Waals surface area contributed by atoms with Gasteiger partial charge in [0.25, 0.3) is 0 Å². The molecule has 0 aromatic carbocycles. The van der Waals surface area contributed by atoms with Gasteiger partial charge in [-0.2, -0.15) is 0 Å². The summed E-state index contributed by atoms with van der Waals surface area (Å²) in [6.45, 7) is 6.50. The van der Waals surface area contributed by atoms with E-state index in [9.17, 15) is 14.4 Å². The Kier molecular flexibility index (Phi) is 58.3. The quantitative estimate of drug-likeness (QED) is 0.0261. The maximum absolute atomic E-state index is 12.9. The van der Waals surface area contributed by atoms with Crippen LogP contribution in [0.2, 0.25) is 0 Å². The first-order chi connectivity index (χ1) is 36.0. The summed E-state index contributed by atoms with van der Waals surface area (Å²) < 4.78 is 16.9. The number of carbonyl (C=O) groups excluding carboxylic acids is 3. The molecule has 420 valence electrons. The maximum atomic E-state index is 12.9. The van der Waals surface area contributed by atoms with Crippen LogP contribution in [-0.4, -0.2) is 37.2 Å². The van der Waals surface area contributed by atoms with Gasteiger partial charge in [0, 0.05) is 19.3 Å². The van der Waals surface area contributed by atoms with Crippen molar-refractivity contribution in [1.29, 1.82) is 0 Å². The number of allylic oxidation sites excluding steroid dienone is 14. The van der Waals surface area contributed by atoms with Crippen molar-refractivity contribution in [2.45, 2.75) is 309 Å². The first-order valence-electron chi connectivity index (χ1n) is 31.1. The molecule has 0 fully saturated rings. The van der Waals surface area contributed by atoms with Crippen molar-refractivity contribution in [3.8, 4) is 0 Å². The topological polar surface area (TPSA) is 78.9 Å². The van der Waals surface area contributed by atoms with Crippen LogP contribution in [0.25, 0.3) is 0 Å². The minimum Gasteiger partial charge on any atom is -0.462 e. The maximum Gasteiger partial charge on any atom is 0.306 e. The highest BCUT2D eigenvalue weighted by molar-refractivity contribution is 5.71. The second-order valence-electron chi connectivity index (χ2n) is 20.6. The van der Waals surface area contributed by atoms with Crippen molar-refractivity contribution >= 4 is 17.9 Å². The Morgan fingerprint density at radius 2 is 0.534 bits per heavy atom. The van der Waals surface area contributed by atoms with Crippen molar-refractivity contribution in [3.05, 3.63) is 85.1 Å². The average Bonchev–Trinajstić information content (AvgIpc) is 3.39. The summed E-state index contributed by atoms with van der Waals surface area (Å²) in [6.07, 6.45) is 80.0. The van der Waals surface area contributed by atoms with E-state index < -0.39 is 6.10 Å². The molecule has 0 saturated heterocycles. The van der Waals surface area contributed by atoms with Gasteiger partial charge in [-0.3, -0.25) is 14.4 Å². The lowest BCUT2D eigenvalue weighted by Gasteiger charge is -2.18. The lowest BCUT2D eigenvalue weighted by molar-refractivity contribution is -0.167. The van der Waals surface area contributed by atoms with Crippen molar-refractivity contribution < 1.29 is 28.6 Å². The lowest BCUT2D eigenvalue weighted by atomic mass is 10.1. The van der Waals surface area contributed by atoms with Crippen LogP contribution >= 0.6 is 0 Å². The number of unbranched alkanes of at least 4 members (excludes halogenated alkanes) is 31. The molecule has 6 nitrogen and oxygen atoms in total. The summed E-state index contributed by atoms with van der Waals surface area (Å²) in [6, 6.07) is 0. The normalized spacial score (nSPS) is 12.6. The van der Waals surface area contributed by atoms with Crippen molar-refractivity contribution in [1.82, 2.24) is 0 Å². The SMILES string of the molecule is CC/C=C\C/C=C\C/C=C\CCCCCCCCCC(=O)OC(COC(=O)CCCCCCCCC/C=C\C/C=C\CCCCC)COC(=O)CCCCCCCCCCC/C=C\C/C=C\CCCCCCC. The highest BCUT2D eigenvalue weighted by Gasteiger charge is 2.19. The van der Waals surface area contributed by atoms with Crippen LogP contribution in [0.4, 0.5) is 0 Å². The van der Waals surface area contributed by atoms with Crippen LogP contribution in [0.1, 0.15) is 303 Å². The summed E-state index contributed by atoms with van der Waals surface area (Å²) in [7, 11) is 0. The van der Waals surface area contributed by atoms with Gasteiger partial charge in [-0.1, -0.05) is 254 Å². The minimum atomic E-state index is -0.789. The molecule has 0 aromatic rings. The van der Waals surface area contributed by atoms with Crippen LogP contribution in [0.3, 0.4) is 0 Å². The first kappa shape index (κ1) is 69.6. The van der Waals surface area contributed by atoms with Crippen LogP contribution in [0.15, 0.2) is 85.1 Å². The molecule has 0 aliphatic carbocycles. The molecule has 0 N–H and O–H groups in total. The van der Waals surface area contributed by atoms with Crippen molar-refractivity contribution in [2.24, 2.45) is 0 Å². The summed E-state index contributed by atoms with van der Waals surface area (Å²) >= 11 is 0. The highest BCUT2D eigenvalue weighted by atomic mass is 16.6. The monoisotopic (exact) mass is 1020 g/mol. The molecule has 0 saturated carbocycles. The van der Waals surface area contributed by atoms with E-state index in [0.29, 0.717) is 19.3 Å². The van der Waals surface area contributed by atoms with E-state index in [4.69, 9.17) is 14.2 Å². The lowest BCUT2D eigenvalue weighted by Crippen LogP contribution is -2.30. The number of esters is 3. The predicted molar refractivity (Wildman–Crippen MR) is 316 cm³/mol. The molecule has 73 heavy (non-hydrogen) atoms. The summed E-state index contributed by atoms with van der Waals surface area (Å²) in [5, 5.41) is 0. The largest absolute Gasteiger partial charge is 0.462 e. The smallest absolute Gasteiger partial charge is 0.306 e. The number of carbonyl (C=O) groups is 3. The zero-order chi connectivity index (χ0) is 52.9. The Hall–Kier alpha value is -3.41. The zero-order valence-electron chi connectivity index (χ0n) is 48.1.